The molecule has 2 heterocycles. The molecule has 168 valence electrons. The van der Waals surface area contributed by atoms with E-state index in [0.717, 1.165) is 31.2 Å². The summed E-state index contributed by atoms with van der Waals surface area (Å²) in [5.41, 5.74) is 11.5. The summed E-state index contributed by atoms with van der Waals surface area (Å²) in [6, 6.07) is 9.39. The Balaban J connectivity index is 0.00000176. The molecule has 10 heteroatoms. The van der Waals surface area contributed by atoms with Crippen molar-refractivity contribution in [3.8, 4) is 6.57 Å². The molecule has 0 bridgehead atoms. The van der Waals surface area contributed by atoms with Gasteiger partial charge in [-0.25, -0.2) is 10.3 Å². The number of amidine groups is 1. The van der Waals surface area contributed by atoms with Crippen molar-refractivity contribution < 1.29 is 4.74 Å². The number of hydrogen-bond donors (Lipinski definition) is 5. The summed E-state index contributed by atoms with van der Waals surface area (Å²) in [5.74, 6) is 0.144. The Bertz CT molecular complexity index is 1000. The quantitative estimate of drug-likeness (QED) is 0.242. The van der Waals surface area contributed by atoms with Gasteiger partial charge >= 0.3 is 0 Å². The number of H-pyrrole nitrogens is 1. The van der Waals surface area contributed by atoms with Gasteiger partial charge in [-0.1, -0.05) is 12.1 Å². The summed E-state index contributed by atoms with van der Waals surface area (Å²) in [6.45, 7) is 6.83. The third-order valence-corrected chi connectivity index (χ3v) is 4.80. The van der Waals surface area contributed by atoms with Crippen LogP contribution in [0.4, 0.5) is 11.4 Å². The zero-order chi connectivity index (χ0) is 23.3. The average molecular weight is 437 g/mol. The molecule has 1 saturated heterocycles. The van der Waals surface area contributed by atoms with Gasteiger partial charge in [0.15, 0.2) is 0 Å². The number of hydrogen-bond acceptors (Lipinski definition) is 8. The molecule has 0 spiro atoms. The van der Waals surface area contributed by atoms with E-state index in [4.69, 9.17) is 21.1 Å². The molecule has 1 aliphatic heterocycles. The first-order valence-corrected chi connectivity index (χ1v) is 10.1. The van der Waals surface area contributed by atoms with E-state index in [-0.39, 0.29) is 23.5 Å². The molecule has 1 aliphatic rings. The van der Waals surface area contributed by atoms with Gasteiger partial charge in [0.2, 0.25) is 0 Å². The lowest BCUT2D eigenvalue weighted by Gasteiger charge is -2.25. The van der Waals surface area contributed by atoms with Crippen LogP contribution in [0.1, 0.15) is 36.9 Å². The fraction of sp³-hybridized carbons (Fsp3) is 0.318. The lowest BCUT2D eigenvalue weighted by molar-refractivity contribution is 0.0876. The van der Waals surface area contributed by atoms with Gasteiger partial charge in [0.25, 0.3) is 5.56 Å². The number of nitriles is 1. The molecule has 0 radical (unpaired) electrons. The van der Waals surface area contributed by atoms with Crippen LogP contribution in [0.5, 0.6) is 0 Å². The average Bonchev–Trinajstić information content (AvgIpc) is 2.81. The highest BCUT2D eigenvalue weighted by Crippen LogP contribution is 2.20. The van der Waals surface area contributed by atoms with E-state index < -0.39 is 0 Å². The second-order valence-corrected chi connectivity index (χ2v) is 7.04. The standard InChI is InChI=1S/C21H27N7O2.CHN/c1-14(28-25-11-9-22)15-4-6-16(7-5-15)27-20(23)19-18(8-10-24-21(19)29)26-17-3-2-12-30-13-17;1-2/h4-11,14,17,22,28H,2-3,12-13H2,1H3,(H2,23,27)(H2,24,26,29);1H/b22-9?,25-11-;/t14?,17-;/m1./s1. The molecule has 2 atom stereocenters. The summed E-state index contributed by atoms with van der Waals surface area (Å²) in [6.07, 6.45) is 6.02. The SMILES string of the molecule is C#N.CC(N/N=C\C=N)c1ccc(N=C(N)c2c(N[C@@H]3CCCOC3)cc[nH]c2=O)cc1. The Morgan fingerprint density at radius 3 is 2.78 bits per heavy atom. The summed E-state index contributed by atoms with van der Waals surface area (Å²) in [4.78, 5) is 19.6. The van der Waals surface area contributed by atoms with E-state index in [1.807, 2.05) is 31.2 Å². The van der Waals surface area contributed by atoms with Crippen molar-refractivity contribution in [2.75, 3.05) is 18.5 Å². The van der Waals surface area contributed by atoms with Gasteiger partial charge < -0.3 is 31.6 Å². The number of hydrazone groups is 1. The molecule has 2 aromatic rings. The Morgan fingerprint density at radius 1 is 1.38 bits per heavy atom. The first kappa shape index (κ1) is 24.3. The molecule has 0 aliphatic carbocycles. The monoisotopic (exact) mass is 436 g/mol. The Labute approximate surface area is 186 Å². The number of rotatable bonds is 8. The summed E-state index contributed by atoms with van der Waals surface area (Å²) < 4.78 is 5.51. The van der Waals surface area contributed by atoms with Crippen molar-refractivity contribution in [1.82, 2.24) is 10.4 Å². The molecular weight excluding hydrogens is 408 g/mol. The number of nitrogens with two attached hydrogens (primary N) is 1. The highest BCUT2D eigenvalue weighted by molar-refractivity contribution is 6.14. The fourth-order valence-corrected chi connectivity index (χ4v) is 3.23. The van der Waals surface area contributed by atoms with Crippen LogP contribution in [0.3, 0.4) is 0 Å². The predicted octanol–water partition coefficient (Wildman–Crippen LogP) is 2.43. The lowest BCUT2D eigenvalue weighted by atomic mass is 10.1. The summed E-state index contributed by atoms with van der Waals surface area (Å²) in [5, 5.41) is 20.7. The van der Waals surface area contributed by atoms with Gasteiger partial charge in [-0.2, -0.15) is 5.10 Å². The van der Waals surface area contributed by atoms with Crippen LogP contribution >= 0.6 is 0 Å². The molecule has 1 aromatic carbocycles. The molecule has 1 aromatic heterocycles. The maximum absolute atomic E-state index is 12.5. The molecule has 0 amide bonds. The fourth-order valence-electron chi connectivity index (χ4n) is 3.23. The number of aliphatic imine (C=N–C) groups is 1. The number of pyridine rings is 1. The number of aromatic amines is 1. The van der Waals surface area contributed by atoms with Crippen LogP contribution in [0.25, 0.3) is 0 Å². The Hall–Kier alpha value is -3.97. The molecule has 32 heavy (non-hydrogen) atoms. The molecule has 1 fully saturated rings. The van der Waals surface area contributed by atoms with E-state index in [1.165, 1.54) is 6.21 Å². The number of nitrogens with zero attached hydrogens (tertiary/aromatic N) is 3. The zero-order valence-corrected chi connectivity index (χ0v) is 17.9. The van der Waals surface area contributed by atoms with E-state index in [9.17, 15) is 4.79 Å². The second-order valence-electron chi connectivity index (χ2n) is 7.04. The van der Waals surface area contributed by atoms with E-state index >= 15 is 0 Å². The topological polar surface area (TPSA) is 165 Å². The third-order valence-electron chi connectivity index (χ3n) is 4.80. The highest BCUT2D eigenvalue weighted by Gasteiger charge is 2.18. The van der Waals surface area contributed by atoms with Gasteiger partial charge in [-0.05, 0) is 43.5 Å². The smallest absolute Gasteiger partial charge is 0.261 e. The highest BCUT2D eigenvalue weighted by atomic mass is 16.5. The van der Waals surface area contributed by atoms with Crippen LogP contribution in [0.15, 0.2) is 51.4 Å². The van der Waals surface area contributed by atoms with Crippen LogP contribution < -0.4 is 22.0 Å². The Kier molecular flexibility index (Phi) is 9.62. The minimum Gasteiger partial charge on any atom is -0.383 e. The number of benzene rings is 1. The minimum absolute atomic E-state index is 0.0259. The van der Waals surface area contributed by atoms with Crippen LogP contribution in [-0.4, -0.2) is 42.5 Å². The maximum Gasteiger partial charge on any atom is 0.261 e. The minimum atomic E-state index is -0.295. The molecule has 1 unspecified atom stereocenters. The molecule has 0 saturated carbocycles. The van der Waals surface area contributed by atoms with Gasteiger partial charge in [0, 0.05) is 31.6 Å². The predicted molar refractivity (Wildman–Crippen MR) is 127 cm³/mol. The van der Waals surface area contributed by atoms with Crippen molar-refractivity contribution >= 4 is 29.6 Å². The van der Waals surface area contributed by atoms with Crippen molar-refractivity contribution in [3.05, 3.63) is 58.0 Å². The number of nitrogens with one attached hydrogen (secondary N) is 4. The maximum atomic E-state index is 12.5. The van der Waals surface area contributed by atoms with Gasteiger partial charge in [-0.3, -0.25) is 4.79 Å². The third kappa shape index (κ3) is 6.78. The van der Waals surface area contributed by atoms with Crippen molar-refractivity contribution in [3.63, 3.8) is 0 Å². The molecule has 10 nitrogen and oxygen atoms in total. The van der Waals surface area contributed by atoms with Crippen molar-refractivity contribution in [2.45, 2.75) is 31.8 Å². The van der Waals surface area contributed by atoms with Gasteiger partial charge in [0.05, 0.1) is 30.2 Å². The summed E-state index contributed by atoms with van der Waals surface area (Å²) >= 11 is 0. The van der Waals surface area contributed by atoms with Crippen LogP contribution in [0.2, 0.25) is 0 Å². The van der Waals surface area contributed by atoms with E-state index in [1.54, 1.807) is 12.3 Å². The number of anilines is 1. The molecule has 3 rings (SSSR count). The van der Waals surface area contributed by atoms with Crippen molar-refractivity contribution in [1.29, 1.82) is 10.7 Å². The van der Waals surface area contributed by atoms with Gasteiger partial charge in [-0.15, -0.1) is 0 Å². The second kappa shape index (κ2) is 12.7. The normalized spacial score (nSPS) is 17.1. The first-order valence-electron chi connectivity index (χ1n) is 10.1. The Morgan fingerprint density at radius 2 is 2.12 bits per heavy atom. The number of aromatic nitrogens is 1. The summed E-state index contributed by atoms with van der Waals surface area (Å²) in [7, 11) is 0. The molecule has 6 N–H and O–H groups in total. The van der Waals surface area contributed by atoms with E-state index in [2.05, 4.69) is 32.4 Å². The zero-order valence-electron chi connectivity index (χ0n) is 17.9. The number of ether oxygens (including phenoxy) is 1. The van der Waals surface area contributed by atoms with E-state index in [0.29, 0.717) is 23.5 Å². The van der Waals surface area contributed by atoms with Crippen molar-refractivity contribution in [2.24, 2.45) is 15.8 Å². The lowest BCUT2D eigenvalue weighted by Crippen LogP contribution is -2.33. The van der Waals surface area contributed by atoms with Crippen LogP contribution in [0, 0.1) is 17.2 Å². The largest absolute Gasteiger partial charge is 0.383 e. The van der Waals surface area contributed by atoms with Gasteiger partial charge in [0.1, 0.15) is 11.4 Å². The first-order chi connectivity index (χ1) is 15.6. The van der Waals surface area contributed by atoms with Crippen LogP contribution in [-0.2, 0) is 4.74 Å². The molecular formula is C22H28N8O2.